The molecule has 0 unspecified atom stereocenters. The first-order valence-electron chi connectivity index (χ1n) is 8.56. The number of benzene rings is 1. The monoisotopic (exact) mass is 363 g/mol. The molecule has 7 nitrogen and oxygen atoms in total. The van der Waals surface area contributed by atoms with Gasteiger partial charge in [0.05, 0.1) is 25.3 Å². The van der Waals surface area contributed by atoms with Gasteiger partial charge >= 0.3 is 11.9 Å². The van der Waals surface area contributed by atoms with Gasteiger partial charge < -0.3 is 19.1 Å². The van der Waals surface area contributed by atoms with Gasteiger partial charge in [-0.05, 0) is 36.5 Å². The Kier molecular flexibility index (Phi) is 6.60. The lowest BCUT2D eigenvalue weighted by molar-refractivity contribution is -0.136. The first-order chi connectivity index (χ1) is 12.3. The van der Waals surface area contributed by atoms with E-state index < -0.39 is 11.9 Å². The predicted octanol–water partition coefficient (Wildman–Crippen LogP) is 2.14. The van der Waals surface area contributed by atoms with Gasteiger partial charge in [-0.15, -0.1) is 0 Å². The normalized spacial score (nSPS) is 19.6. The van der Waals surface area contributed by atoms with E-state index in [-0.39, 0.29) is 29.4 Å². The van der Waals surface area contributed by atoms with Crippen LogP contribution in [-0.2, 0) is 14.3 Å². The van der Waals surface area contributed by atoms with Crippen LogP contribution in [0.1, 0.15) is 41.0 Å². The Balaban J connectivity index is 2.11. The SMILES string of the molecule is COC(=O)c1cc(OCC(=O)N2C[C@@H](C)C[C@H](C)C2)cc(C(=O)OC)c1. The van der Waals surface area contributed by atoms with Crippen molar-refractivity contribution in [2.45, 2.75) is 20.3 Å². The minimum absolute atomic E-state index is 0.119. The van der Waals surface area contributed by atoms with Gasteiger partial charge in [-0.1, -0.05) is 13.8 Å². The van der Waals surface area contributed by atoms with Crippen molar-refractivity contribution in [2.75, 3.05) is 33.9 Å². The molecule has 1 aromatic rings. The lowest BCUT2D eigenvalue weighted by atomic mass is 9.92. The van der Waals surface area contributed by atoms with Crippen molar-refractivity contribution in [2.24, 2.45) is 11.8 Å². The average molecular weight is 363 g/mol. The largest absolute Gasteiger partial charge is 0.484 e. The highest BCUT2D eigenvalue weighted by atomic mass is 16.5. The van der Waals surface area contributed by atoms with Gasteiger partial charge in [-0.3, -0.25) is 4.79 Å². The highest BCUT2D eigenvalue weighted by molar-refractivity contribution is 5.96. The van der Waals surface area contributed by atoms with E-state index in [1.54, 1.807) is 4.90 Å². The number of carbonyl (C=O) groups is 3. The number of amides is 1. The molecule has 1 heterocycles. The van der Waals surface area contributed by atoms with E-state index in [0.29, 0.717) is 24.9 Å². The second-order valence-corrected chi connectivity index (χ2v) is 6.76. The summed E-state index contributed by atoms with van der Waals surface area (Å²) in [5.41, 5.74) is 0.302. The highest BCUT2D eigenvalue weighted by Crippen LogP contribution is 2.22. The Morgan fingerprint density at radius 2 is 1.46 bits per heavy atom. The van der Waals surface area contributed by atoms with E-state index in [1.807, 2.05) is 0 Å². The molecule has 26 heavy (non-hydrogen) atoms. The van der Waals surface area contributed by atoms with Crippen molar-refractivity contribution >= 4 is 17.8 Å². The number of hydrogen-bond acceptors (Lipinski definition) is 6. The molecule has 0 aliphatic carbocycles. The summed E-state index contributed by atoms with van der Waals surface area (Å²) in [4.78, 5) is 37.8. The summed E-state index contributed by atoms with van der Waals surface area (Å²) >= 11 is 0. The summed E-state index contributed by atoms with van der Waals surface area (Å²) < 4.78 is 14.9. The van der Waals surface area contributed by atoms with Crippen molar-refractivity contribution in [3.05, 3.63) is 29.3 Å². The maximum absolute atomic E-state index is 12.4. The smallest absolute Gasteiger partial charge is 0.338 e. The van der Waals surface area contributed by atoms with Crippen molar-refractivity contribution in [1.29, 1.82) is 0 Å². The number of piperidine rings is 1. The number of nitrogens with zero attached hydrogens (tertiary/aromatic N) is 1. The Hall–Kier alpha value is -2.57. The lowest BCUT2D eigenvalue weighted by Crippen LogP contribution is -2.44. The molecule has 1 fully saturated rings. The summed E-state index contributed by atoms with van der Waals surface area (Å²) in [7, 11) is 2.49. The van der Waals surface area contributed by atoms with Crippen molar-refractivity contribution in [1.82, 2.24) is 4.90 Å². The molecule has 2 rings (SSSR count). The number of rotatable bonds is 5. The van der Waals surface area contributed by atoms with Crippen LogP contribution in [0.25, 0.3) is 0 Å². The van der Waals surface area contributed by atoms with Crippen molar-refractivity contribution < 1.29 is 28.6 Å². The van der Waals surface area contributed by atoms with Gasteiger partial charge in [0.2, 0.25) is 0 Å². The molecule has 0 bridgehead atoms. The molecule has 1 amide bonds. The summed E-state index contributed by atoms with van der Waals surface area (Å²) in [5, 5.41) is 0. The summed E-state index contributed by atoms with van der Waals surface area (Å²) in [6.07, 6.45) is 1.11. The standard InChI is InChI=1S/C19H25NO6/c1-12-5-13(2)10-20(9-12)17(21)11-26-16-7-14(18(22)24-3)6-15(8-16)19(23)25-4/h6-8,12-13H,5,9-11H2,1-4H3/t12-,13-/m0/s1. The molecule has 1 aliphatic heterocycles. The molecule has 142 valence electrons. The van der Waals surface area contributed by atoms with E-state index in [9.17, 15) is 14.4 Å². The minimum atomic E-state index is -0.606. The van der Waals surface area contributed by atoms with Crippen molar-refractivity contribution in [3.63, 3.8) is 0 Å². The number of methoxy groups -OCH3 is 2. The first-order valence-corrected chi connectivity index (χ1v) is 8.56. The van der Waals surface area contributed by atoms with Crippen LogP contribution >= 0.6 is 0 Å². The second-order valence-electron chi connectivity index (χ2n) is 6.76. The third-order valence-corrected chi connectivity index (χ3v) is 4.33. The van der Waals surface area contributed by atoms with E-state index in [2.05, 4.69) is 23.3 Å². The van der Waals surface area contributed by atoms with Crippen LogP contribution in [0.3, 0.4) is 0 Å². The molecule has 0 aromatic heterocycles. The van der Waals surface area contributed by atoms with Crippen LogP contribution in [0.5, 0.6) is 5.75 Å². The zero-order valence-corrected chi connectivity index (χ0v) is 15.6. The Bertz CT molecular complexity index is 642. The molecule has 0 radical (unpaired) electrons. The van der Waals surface area contributed by atoms with Crippen LogP contribution in [-0.4, -0.2) is 56.7 Å². The third-order valence-electron chi connectivity index (χ3n) is 4.33. The molecule has 0 N–H and O–H groups in total. The zero-order valence-electron chi connectivity index (χ0n) is 15.6. The predicted molar refractivity (Wildman–Crippen MR) is 94.1 cm³/mol. The Morgan fingerprint density at radius 1 is 0.962 bits per heavy atom. The molecule has 2 atom stereocenters. The topological polar surface area (TPSA) is 82.1 Å². The number of esters is 2. The third kappa shape index (κ3) is 4.97. The van der Waals surface area contributed by atoms with E-state index in [0.717, 1.165) is 6.42 Å². The van der Waals surface area contributed by atoms with E-state index in [4.69, 9.17) is 4.74 Å². The quantitative estimate of drug-likeness (QED) is 0.746. The number of hydrogen-bond donors (Lipinski definition) is 0. The minimum Gasteiger partial charge on any atom is -0.484 e. The van der Waals surface area contributed by atoms with E-state index >= 15 is 0 Å². The Labute approximate surface area is 153 Å². The fourth-order valence-electron chi connectivity index (χ4n) is 3.26. The summed E-state index contributed by atoms with van der Waals surface area (Å²) in [6.45, 7) is 5.51. The maximum atomic E-state index is 12.4. The molecular weight excluding hydrogens is 338 g/mol. The van der Waals surface area contributed by atoms with Gasteiger partial charge in [-0.25, -0.2) is 9.59 Å². The molecule has 7 heteroatoms. The second kappa shape index (κ2) is 8.69. The number of carbonyl (C=O) groups excluding carboxylic acids is 3. The van der Waals surface area contributed by atoms with Crippen LogP contribution in [0.15, 0.2) is 18.2 Å². The molecular formula is C19H25NO6. The van der Waals surface area contributed by atoms with Gasteiger partial charge in [0.25, 0.3) is 5.91 Å². The molecule has 0 saturated carbocycles. The van der Waals surface area contributed by atoms with Crippen LogP contribution in [0.2, 0.25) is 0 Å². The lowest BCUT2D eigenvalue weighted by Gasteiger charge is -2.34. The average Bonchev–Trinajstić information content (AvgIpc) is 2.63. The van der Waals surface area contributed by atoms with E-state index in [1.165, 1.54) is 32.4 Å². The highest BCUT2D eigenvalue weighted by Gasteiger charge is 2.25. The van der Waals surface area contributed by atoms with Gasteiger partial charge in [0, 0.05) is 13.1 Å². The number of ether oxygens (including phenoxy) is 3. The fraction of sp³-hybridized carbons (Fsp3) is 0.526. The van der Waals surface area contributed by atoms with Crippen LogP contribution in [0, 0.1) is 11.8 Å². The van der Waals surface area contributed by atoms with Crippen molar-refractivity contribution in [3.8, 4) is 5.75 Å². The summed E-state index contributed by atoms with van der Waals surface area (Å²) in [6, 6.07) is 4.24. The van der Waals surface area contributed by atoms with Crippen LogP contribution in [0.4, 0.5) is 0 Å². The van der Waals surface area contributed by atoms with Gasteiger partial charge in [-0.2, -0.15) is 0 Å². The molecule has 1 saturated heterocycles. The first kappa shape index (κ1) is 19.8. The van der Waals surface area contributed by atoms with Crippen LogP contribution < -0.4 is 4.74 Å². The molecule has 1 aromatic carbocycles. The molecule has 1 aliphatic rings. The molecule has 0 spiro atoms. The number of likely N-dealkylation sites (tertiary alicyclic amines) is 1. The fourth-order valence-corrected chi connectivity index (χ4v) is 3.26. The zero-order chi connectivity index (χ0) is 19.3. The maximum Gasteiger partial charge on any atom is 0.338 e. The van der Waals surface area contributed by atoms with Gasteiger partial charge in [0.15, 0.2) is 6.61 Å². The summed E-state index contributed by atoms with van der Waals surface area (Å²) in [5.74, 6) is -0.185. The Morgan fingerprint density at radius 3 is 1.92 bits per heavy atom. The van der Waals surface area contributed by atoms with Gasteiger partial charge in [0.1, 0.15) is 5.75 Å².